The second kappa shape index (κ2) is 5.24. The second-order valence-electron chi connectivity index (χ2n) is 3.12. The molecule has 0 amide bonds. The predicted molar refractivity (Wildman–Crippen MR) is 64.3 cm³/mol. The summed E-state index contributed by atoms with van der Waals surface area (Å²) in [6.07, 6.45) is 3.00. The molecular formula is C13H9NOS. The minimum absolute atomic E-state index is 0.421. The van der Waals surface area contributed by atoms with Crippen molar-refractivity contribution in [3.8, 4) is 11.8 Å². The highest BCUT2D eigenvalue weighted by molar-refractivity contribution is 7.12. The zero-order valence-electron chi connectivity index (χ0n) is 8.51. The van der Waals surface area contributed by atoms with Crippen molar-refractivity contribution in [2.45, 2.75) is 6.42 Å². The van der Waals surface area contributed by atoms with Crippen molar-refractivity contribution in [3.63, 3.8) is 0 Å². The Labute approximate surface area is 98.0 Å². The van der Waals surface area contributed by atoms with Crippen LogP contribution < -0.4 is 0 Å². The summed E-state index contributed by atoms with van der Waals surface area (Å²) in [4.78, 5) is 15.4. The number of nitrogens with zero attached hydrogens (tertiary/aromatic N) is 1. The minimum atomic E-state index is 0.421. The van der Waals surface area contributed by atoms with Crippen LogP contribution in [0.2, 0.25) is 0 Å². The van der Waals surface area contributed by atoms with Gasteiger partial charge in [0, 0.05) is 23.1 Å². The van der Waals surface area contributed by atoms with Crippen molar-refractivity contribution in [1.82, 2.24) is 4.98 Å². The lowest BCUT2D eigenvalue weighted by atomic mass is 10.2. The van der Waals surface area contributed by atoms with Gasteiger partial charge < -0.3 is 4.79 Å². The summed E-state index contributed by atoms with van der Waals surface area (Å²) in [5, 5.41) is 0.751. The molecule has 2 nitrogen and oxygen atoms in total. The summed E-state index contributed by atoms with van der Waals surface area (Å²) in [6, 6.07) is 9.75. The molecule has 0 saturated heterocycles. The highest BCUT2D eigenvalue weighted by Crippen LogP contribution is 2.11. The lowest BCUT2D eigenvalue weighted by Crippen LogP contribution is -1.76. The standard InChI is InChI=1S/C13H9NOS/c15-9-8-12-10-14-13(16-12)7-6-11-4-2-1-3-5-11/h1-5,9-10H,8H2. The number of rotatable bonds is 2. The molecule has 0 bridgehead atoms. The van der Waals surface area contributed by atoms with Crippen molar-refractivity contribution < 1.29 is 4.79 Å². The van der Waals surface area contributed by atoms with Crippen LogP contribution in [-0.4, -0.2) is 11.3 Å². The quantitative estimate of drug-likeness (QED) is 0.582. The van der Waals surface area contributed by atoms with Crippen molar-refractivity contribution >= 4 is 17.6 Å². The maximum atomic E-state index is 10.3. The van der Waals surface area contributed by atoms with Gasteiger partial charge in [-0.2, -0.15) is 0 Å². The third-order valence-electron chi connectivity index (χ3n) is 1.93. The summed E-state index contributed by atoms with van der Waals surface area (Å²) in [5.74, 6) is 6.01. The fraction of sp³-hybridized carbons (Fsp3) is 0.0769. The van der Waals surface area contributed by atoms with Crippen LogP contribution in [0.5, 0.6) is 0 Å². The highest BCUT2D eigenvalue weighted by atomic mass is 32.1. The van der Waals surface area contributed by atoms with Gasteiger partial charge in [-0.15, -0.1) is 11.3 Å². The van der Waals surface area contributed by atoms with Gasteiger partial charge in [-0.3, -0.25) is 0 Å². The van der Waals surface area contributed by atoms with Crippen molar-refractivity contribution in [1.29, 1.82) is 0 Å². The zero-order valence-corrected chi connectivity index (χ0v) is 9.33. The average molecular weight is 227 g/mol. The molecule has 0 aliphatic carbocycles. The molecule has 3 heteroatoms. The first-order valence-corrected chi connectivity index (χ1v) is 5.65. The van der Waals surface area contributed by atoms with Crippen LogP contribution in [0.4, 0.5) is 0 Å². The molecule has 0 atom stereocenters. The highest BCUT2D eigenvalue weighted by Gasteiger charge is 1.97. The lowest BCUT2D eigenvalue weighted by molar-refractivity contribution is -0.107. The van der Waals surface area contributed by atoms with Crippen LogP contribution in [0.15, 0.2) is 36.5 Å². The van der Waals surface area contributed by atoms with Gasteiger partial charge in [-0.25, -0.2) is 4.98 Å². The van der Waals surface area contributed by atoms with Gasteiger partial charge in [-0.1, -0.05) is 24.1 Å². The van der Waals surface area contributed by atoms with E-state index in [2.05, 4.69) is 16.8 Å². The number of hydrogen-bond donors (Lipinski definition) is 0. The Balaban J connectivity index is 2.15. The van der Waals surface area contributed by atoms with E-state index in [9.17, 15) is 4.79 Å². The maximum Gasteiger partial charge on any atom is 0.167 e. The normalized spacial score (nSPS) is 9.25. The van der Waals surface area contributed by atoms with Gasteiger partial charge in [-0.05, 0) is 18.1 Å². The Morgan fingerprint density at radius 3 is 2.81 bits per heavy atom. The summed E-state index contributed by atoms with van der Waals surface area (Å²) < 4.78 is 0. The fourth-order valence-corrected chi connectivity index (χ4v) is 1.90. The number of thiazole rings is 1. The van der Waals surface area contributed by atoms with Gasteiger partial charge in [0.15, 0.2) is 5.01 Å². The van der Waals surface area contributed by atoms with E-state index in [1.807, 2.05) is 30.3 Å². The van der Waals surface area contributed by atoms with Crippen LogP contribution >= 0.6 is 11.3 Å². The van der Waals surface area contributed by atoms with E-state index in [0.29, 0.717) is 6.42 Å². The summed E-state index contributed by atoms with van der Waals surface area (Å²) in [5.41, 5.74) is 0.967. The molecule has 0 aliphatic heterocycles. The molecule has 0 unspecified atom stereocenters. The SMILES string of the molecule is O=CCc1cnc(C#Cc2ccccc2)s1. The van der Waals surface area contributed by atoms with Crippen LogP contribution in [0.25, 0.3) is 0 Å². The molecule has 0 radical (unpaired) electrons. The molecular weight excluding hydrogens is 218 g/mol. The molecule has 1 aromatic carbocycles. The number of aldehydes is 1. The van der Waals surface area contributed by atoms with Gasteiger partial charge in [0.05, 0.1) is 0 Å². The van der Waals surface area contributed by atoms with E-state index < -0.39 is 0 Å². The molecule has 16 heavy (non-hydrogen) atoms. The van der Waals surface area contributed by atoms with Gasteiger partial charge in [0.1, 0.15) is 6.29 Å². The molecule has 0 aliphatic rings. The molecule has 1 heterocycles. The Morgan fingerprint density at radius 2 is 2.06 bits per heavy atom. The number of aromatic nitrogens is 1. The number of carbonyl (C=O) groups excluding carboxylic acids is 1. The molecule has 0 saturated carbocycles. The third kappa shape index (κ3) is 2.78. The van der Waals surface area contributed by atoms with E-state index in [4.69, 9.17) is 0 Å². The molecule has 2 aromatic rings. The molecule has 0 N–H and O–H groups in total. The monoisotopic (exact) mass is 227 g/mol. The molecule has 0 spiro atoms. The molecule has 78 valence electrons. The Hall–Kier alpha value is -1.92. The molecule has 0 fully saturated rings. The van der Waals surface area contributed by atoms with E-state index >= 15 is 0 Å². The molecule has 2 rings (SSSR count). The van der Waals surface area contributed by atoms with Crippen LogP contribution in [-0.2, 0) is 11.2 Å². The summed E-state index contributed by atoms with van der Waals surface area (Å²) in [6.45, 7) is 0. The Kier molecular flexibility index (Phi) is 3.47. The van der Waals surface area contributed by atoms with E-state index in [-0.39, 0.29) is 0 Å². The van der Waals surface area contributed by atoms with Crippen LogP contribution in [0.1, 0.15) is 15.4 Å². The number of carbonyl (C=O) groups is 1. The summed E-state index contributed by atoms with van der Waals surface area (Å²) in [7, 11) is 0. The van der Waals surface area contributed by atoms with Crippen LogP contribution in [0.3, 0.4) is 0 Å². The van der Waals surface area contributed by atoms with Crippen molar-refractivity contribution in [2.24, 2.45) is 0 Å². The Morgan fingerprint density at radius 1 is 1.25 bits per heavy atom. The first-order valence-electron chi connectivity index (χ1n) is 4.84. The second-order valence-corrected chi connectivity index (χ2v) is 4.23. The minimum Gasteiger partial charge on any atom is -0.303 e. The Bertz CT molecular complexity index is 534. The third-order valence-corrected chi connectivity index (χ3v) is 2.86. The van der Waals surface area contributed by atoms with Crippen LogP contribution in [0, 0.1) is 11.8 Å². The topological polar surface area (TPSA) is 30.0 Å². The number of benzene rings is 1. The lowest BCUT2D eigenvalue weighted by Gasteiger charge is -1.85. The average Bonchev–Trinajstić information content (AvgIpc) is 2.76. The van der Waals surface area contributed by atoms with Gasteiger partial charge >= 0.3 is 0 Å². The predicted octanol–water partition coefficient (Wildman–Crippen LogP) is 2.28. The van der Waals surface area contributed by atoms with Crippen molar-refractivity contribution in [3.05, 3.63) is 52.0 Å². The zero-order chi connectivity index (χ0) is 11.2. The van der Waals surface area contributed by atoms with Crippen molar-refractivity contribution in [2.75, 3.05) is 0 Å². The summed E-state index contributed by atoms with van der Waals surface area (Å²) >= 11 is 1.46. The largest absolute Gasteiger partial charge is 0.303 e. The maximum absolute atomic E-state index is 10.3. The van der Waals surface area contributed by atoms with E-state index in [1.165, 1.54) is 11.3 Å². The van der Waals surface area contributed by atoms with E-state index in [0.717, 1.165) is 21.7 Å². The first kappa shape index (κ1) is 10.6. The van der Waals surface area contributed by atoms with Gasteiger partial charge in [0.25, 0.3) is 0 Å². The first-order chi connectivity index (χ1) is 7.88. The van der Waals surface area contributed by atoms with Gasteiger partial charge in [0.2, 0.25) is 0 Å². The fourth-order valence-electron chi connectivity index (χ4n) is 1.19. The van der Waals surface area contributed by atoms with E-state index in [1.54, 1.807) is 6.20 Å². The number of hydrogen-bond acceptors (Lipinski definition) is 3. The molecule has 1 aromatic heterocycles. The smallest absolute Gasteiger partial charge is 0.167 e.